The van der Waals surface area contributed by atoms with Crippen LogP contribution in [-0.4, -0.2) is 46.7 Å². The number of ketones is 1. The van der Waals surface area contributed by atoms with Crippen LogP contribution in [0.5, 0.6) is 0 Å². The largest absolute Gasteiger partial charge is 0.444 e. The van der Waals surface area contributed by atoms with Crippen LogP contribution < -0.4 is 5.32 Å². The van der Waals surface area contributed by atoms with Crippen molar-refractivity contribution >= 4 is 30.0 Å². The quantitative estimate of drug-likeness (QED) is 0.136. The summed E-state index contributed by atoms with van der Waals surface area (Å²) in [5.74, 6) is -5.97. The summed E-state index contributed by atoms with van der Waals surface area (Å²) in [5, 5.41) is 13.4. The summed E-state index contributed by atoms with van der Waals surface area (Å²) in [7, 11) is 0. The predicted octanol–water partition coefficient (Wildman–Crippen LogP) is 2.83. The Morgan fingerprint density at radius 2 is 1.79 bits per heavy atom. The van der Waals surface area contributed by atoms with E-state index < -0.39 is 57.6 Å². The Balaban J connectivity index is 3.18. The second kappa shape index (κ2) is 10.8. The van der Waals surface area contributed by atoms with E-state index in [1.165, 1.54) is 26.8 Å². The normalized spacial score (nSPS) is 13.3. The van der Waals surface area contributed by atoms with E-state index in [4.69, 9.17) is 9.47 Å². The van der Waals surface area contributed by atoms with Crippen molar-refractivity contribution in [3.05, 3.63) is 39.7 Å². The van der Waals surface area contributed by atoms with Gasteiger partial charge in [-0.1, -0.05) is 6.07 Å². The van der Waals surface area contributed by atoms with Gasteiger partial charge in [-0.05, 0) is 39.3 Å². The molecule has 1 aromatic rings. The van der Waals surface area contributed by atoms with Gasteiger partial charge in [0.1, 0.15) is 11.5 Å². The minimum absolute atomic E-state index is 0.0775. The van der Waals surface area contributed by atoms with Gasteiger partial charge in [0, 0.05) is 26.3 Å². The predicted molar refractivity (Wildman–Crippen MR) is 111 cm³/mol. The third-order valence-electron chi connectivity index (χ3n) is 4.14. The van der Waals surface area contributed by atoms with Gasteiger partial charge in [-0.3, -0.25) is 24.5 Å². The average Bonchev–Trinajstić information content (AvgIpc) is 2.65. The van der Waals surface area contributed by atoms with Gasteiger partial charge < -0.3 is 19.5 Å². The lowest BCUT2D eigenvalue weighted by atomic mass is 9.94. The summed E-state index contributed by atoms with van der Waals surface area (Å²) in [6.07, 6.45) is -1.27. The van der Waals surface area contributed by atoms with Crippen molar-refractivity contribution in [1.82, 2.24) is 5.32 Å². The van der Waals surface area contributed by atoms with Crippen LogP contribution in [0.15, 0.2) is 18.2 Å². The van der Waals surface area contributed by atoms with Crippen molar-refractivity contribution in [2.24, 2.45) is 5.92 Å². The second-order valence-electron chi connectivity index (χ2n) is 8.60. The van der Waals surface area contributed by atoms with Crippen LogP contribution in [0.25, 0.3) is 0 Å². The lowest BCUT2D eigenvalue weighted by Gasteiger charge is -2.27. The molecule has 1 rings (SSSR count). The third kappa shape index (κ3) is 8.83. The minimum atomic E-state index is -1.64. The zero-order valence-corrected chi connectivity index (χ0v) is 19.2. The number of nitrogens with zero attached hydrogens (tertiary/aromatic N) is 1. The Labute approximate surface area is 189 Å². The first-order chi connectivity index (χ1) is 15.1. The number of nitro benzene ring substituents is 1. The van der Waals surface area contributed by atoms with Crippen LogP contribution >= 0.6 is 0 Å². The molecule has 0 fully saturated rings. The fourth-order valence-electron chi connectivity index (χ4n) is 2.62. The molecule has 0 aliphatic heterocycles. The molecular weight excluding hydrogens is 443 g/mol. The third-order valence-corrected chi connectivity index (χ3v) is 4.14. The number of carbonyl (C=O) groups is 4. The fourth-order valence-corrected chi connectivity index (χ4v) is 2.62. The zero-order chi connectivity index (χ0) is 25.6. The van der Waals surface area contributed by atoms with E-state index in [1.54, 1.807) is 20.8 Å². The average molecular weight is 470 g/mol. The van der Waals surface area contributed by atoms with Gasteiger partial charge in [0.05, 0.1) is 11.0 Å². The molecule has 0 aliphatic carbocycles. The minimum Gasteiger partial charge on any atom is -0.444 e. The monoisotopic (exact) mass is 470 g/mol. The Hall–Kier alpha value is -3.57. The van der Waals surface area contributed by atoms with Gasteiger partial charge >= 0.3 is 17.7 Å². The number of carbonyl (C=O) groups excluding carboxylic acids is 4. The van der Waals surface area contributed by atoms with Crippen LogP contribution in [0.4, 0.5) is 14.9 Å². The van der Waals surface area contributed by atoms with Crippen LogP contribution in [0.1, 0.15) is 47.1 Å². The Bertz CT molecular complexity index is 925. The molecule has 182 valence electrons. The number of hydrogen-bond acceptors (Lipinski definition) is 9. The van der Waals surface area contributed by atoms with Gasteiger partial charge in [-0.2, -0.15) is 4.39 Å². The zero-order valence-electron chi connectivity index (χ0n) is 19.2. The molecule has 2 atom stereocenters. The second-order valence-corrected chi connectivity index (χ2v) is 8.60. The van der Waals surface area contributed by atoms with E-state index in [0.717, 1.165) is 12.1 Å². The number of benzene rings is 1. The van der Waals surface area contributed by atoms with E-state index in [-0.39, 0.29) is 18.5 Å². The molecule has 1 amide bonds. The SMILES string of the molecule is CC(C(=O)OC(C)(C)OC=O)C(=O)C(Cc1ccc(F)c([N+](=O)[O-])c1)NC(=O)OC(C)(C)C. The van der Waals surface area contributed by atoms with Crippen molar-refractivity contribution in [2.45, 2.75) is 65.4 Å². The Kier molecular flexibility index (Phi) is 9.02. The summed E-state index contributed by atoms with van der Waals surface area (Å²) in [6, 6.07) is 1.63. The number of hydrogen-bond donors (Lipinski definition) is 1. The number of nitro groups is 1. The molecule has 33 heavy (non-hydrogen) atoms. The van der Waals surface area contributed by atoms with Gasteiger partial charge in [0.25, 0.3) is 12.3 Å². The maximum Gasteiger partial charge on any atom is 0.408 e. The maximum absolute atomic E-state index is 13.7. The molecule has 0 aliphatic rings. The maximum atomic E-state index is 13.7. The highest BCUT2D eigenvalue weighted by Crippen LogP contribution is 2.21. The molecule has 0 saturated heterocycles. The van der Waals surface area contributed by atoms with Crippen molar-refractivity contribution in [1.29, 1.82) is 0 Å². The van der Waals surface area contributed by atoms with Gasteiger partial charge in [0.2, 0.25) is 5.82 Å². The number of halogens is 1. The number of Topliss-reactive ketones (excluding diaryl/α,β-unsaturated/α-hetero) is 1. The molecule has 0 heterocycles. The smallest absolute Gasteiger partial charge is 0.408 e. The Morgan fingerprint density at radius 3 is 2.30 bits per heavy atom. The molecule has 12 heteroatoms. The first-order valence-corrected chi connectivity index (χ1v) is 9.86. The molecule has 0 saturated carbocycles. The lowest BCUT2D eigenvalue weighted by molar-refractivity contribution is -0.387. The lowest BCUT2D eigenvalue weighted by Crippen LogP contribution is -2.48. The Morgan fingerprint density at radius 1 is 1.18 bits per heavy atom. The molecule has 11 nitrogen and oxygen atoms in total. The highest BCUT2D eigenvalue weighted by molar-refractivity contribution is 6.02. The van der Waals surface area contributed by atoms with Crippen LogP contribution in [0, 0.1) is 21.8 Å². The van der Waals surface area contributed by atoms with E-state index in [1.807, 2.05) is 0 Å². The molecule has 1 aromatic carbocycles. The molecule has 0 aromatic heterocycles. The first-order valence-electron chi connectivity index (χ1n) is 9.86. The van der Waals surface area contributed by atoms with Crippen molar-refractivity contribution in [3.63, 3.8) is 0 Å². The number of ether oxygens (including phenoxy) is 3. The van der Waals surface area contributed by atoms with Crippen LogP contribution in [0.2, 0.25) is 0 Å². The van der Waals surface area contributed by atoms with Crippen LogP contribution in [-0.2, 0) is 35.0 Å². The molecule has 0 radical (unpaired) electrons. The topological polar surface area (TPSA) is 151 Å². The van der Waals surface area contributed by atoms with Crippen molar-refractivity contribution < 1.29 is 42.7 Å². The molecule has 0 bridgehead atoms. The number of amides is 1. The van der Waals surface area contributed by atoms with E-state index in [9.17, 15) is 33.7 Å². The fraction of sp³-hybridized carbons (Fsp3) is 0.524. The van der Waals surface area contributed by atoms with Gasteiger partial charge in [-0.25, -0.2) is 4.79 Å². The summed E-state index contributed by atoms with van der Waals surface area (Å²) < 4.78 is 28.5. The van der Waals surface area contributed by atoms with E-state index >= 15 is 0 Å². The number of esters is 1. The number of nitrogens with one attached hydrogen (secondary N) is 1. The molecular formula is C21H27FN2O9. The molecule has 0 spiro atoms. The molecule has 2 unspecified atom stereocenters. The summed E-state index contributed by atoms with van der Waals surface area (Å²) in [4.78, 5) is 58.3. The van der Waals surface area contributed by atoms with Crippen molar-refractivity contribution in [2.75, 3.05) is 0 Å². The molecule has 1 N–H and O–H groups in total. The summed E-state index contributed by atoms with van der Waals surface area (Å²) in [5.41, 5.74) is -1.55. The van der Waals surface area contributed by atoms with Gasteiger partial charge in [-0.15, -0.1) is 0 Å². The number of rotatable bonds is 10. The number of alkyl carbamates (subject to hydrolysis) is 1. The standard InChI is InChI=1S/C21H27FN2O9/c1-12(18(27)32-21(5,6)31-11-25)17(26)15(23-19(28)33-20(2,3)4)9-13-7-8-14(22)16(10-13)24(29)30/h7-8,10-12,15H,9H2,1-6H3,(H,23,28). The van der Waals surface area contributed by atoms with Crippen molar-refractivity contribution in [3.8, 4) is 0 Å². The first kappa shape index (κ1) is 27.5. The van der Waals surface area contributed by atoms with E-state index in [2.05, 4.69) is 10.1 Å². The summed E-state index contributed by atoms with van der Waals surface area (Å²) >= 11 is 0. The van der Waals surface area contributed by atoms with E-state index in [0.29, 0.717) is 0 Å². The van der Waals surface area contributed by atoms with Crippen LogP contribution in [0.3, 0.4) is 0 Å². The highest BCUT2D eigenvalue weighted by atomic mass is 19.1. The summed E-state index contributed by atoms with van der Waals surface area (Å²) in [6.45, 7) is 8.66. The highest BCUT2D eigenvalue weighted by Gasteiger charge is 2.36. The van der Waals surface area contributed by atoms with Gasteiger partial charge in [0.15, 0.2) is 5.78 Å².